The minimum atomic E-state index is -0.102. The minimum Gasteiger partial charge on any atom is -0.465 e. The molecule has 1 heterocycles. The summed E-state index contributed by atoms with van der Waals surface area (Å²) in [5.74, 6) is -0.102. The molecule has 0 aromatic carbocycles. The van der Waals surface area contributed by atoms with Gasteiger partial charge in [-0.25, -0.2) is 0 Å². The Morgan fingerprint density at radius 3 is 3.22 bits per heavy atom. The highest BCUT2D eigenvalue weighted by Crippen LogP contribution is 1.95. The molecule has 0 aromatic rings. The van der Waals surface area contributed by atoms with Crippen molar-refractivity contribution in [3.63, 3.8) is 0 Å². The lowest BCUT2D eigenvalue weighted by molar-refractivity contribution is -0.142. The van der Waals surface area contributed by atoms with E-state index in [9.17, 15) is 4.79 Å². The smallest absolute Gasteiger partial charge is 0.320 e. The van der Waals surface area contributed by atoms with Gasteiger partial charge >= 0.3 is 5.97 Å². The first-order chi connectivity index (χ1) is 4.29. The first kappa shape index (κ1) is 6.55. The standard InChI is InChI=1S/C6H11NO2/c1-7-3-2-4-9-6(8)5-7/h2-5H2,1H3. The van der Waals surface area contributed by atoms with Gasteiger partial charge in [-0.3, -0.25) is 9.69 Å². The van der Waals surface area contributed by atoms with Crippen molar-refractivity contribution in [2.24, 2.45) is 0 Å². The van der Waals surface area contributed by atoms with Gasteiger partial charge in [0.25, 0.3) is 0 Å². The van der Waals surface area contributed by atoms with Gasteiger partial charge in [0.05, 0.1) is 13.2 Å². The Bertz CT molecular complexity index is 114. The monoisotopic (exact) mass is 129 g/mol. The van der Waals surface area contributed by atoms with Crippen molar-refractivity contribution in [2.45, 2.75) is 6.42 Å². The van der Waals surface area contributed by atoms with Crippen LogP contribution in [-0.4, -0.2) is 37.6 Å². The molecule has 0 saturated carbocycles. The maximum atomic E-state index is 10.6. The molecular formula is C6H11NO2. The van der Waals surface area contributed by atoms with Crippen LogP contribution in [0.25, 0.3) is 0 Å². The molecule has 1 rings (SSSR count). The van der Waals surface area contributed by atoms with Crippen molar-refractivity contribution in [1.82, 2.24) is 4.90 Å². The Morgan fingerprint density at radius 1 is 1.67 bits per heavy atom. The molecule has 0 amide bonds. The second-order valence-corrected chi connectivity index (χ2v) is 2.31. The molecule has 0 aromatic heterocycles. The number of rotatable bonds is 0. The number of nitrogens with zero attached hydrogens (tertiary/aromatic N) is 1. The summed E-state index contributed by atoms with van der Waals surface area (Å²) in [5.41, 5.74) is 0. The zero-order valence-corrected chi connectivity index (χ0v) is 5.59. The van der Waals surface area contributed by atoms with Gasteiger partial charge in [0.1, 0.15) is 0 Å². The van der Waals surface area contributed by atoms with E-state index in [2.05, 4.69) is 0 Å². The van der Waals surface area contributed by atoms with Crippen molar-refractivity contribution >= 4 is 5.97 Å². The van der Waals surface area contributed by atoms with E-state index in [4.69, 9.17) is 4.74 Å². The van der Waals surface area contributed by atoms with Crippen LogP contribution in [0, 0.1) is 0 Å². The van der Waals surface area contributed by atoms with E-state index in [0.29, 0.717) is 13.2 Å². The molecule has 1 aliphatic heterocycles. The molecule has 9 heavy (non-hydrogen) atoms. The molecule has 0 radical (unpaired) electrons. The molecule has 0 N–H and O–H groups in total. The van der Waals surface area contributed by atoms with Crippen LogP contribution in [0.4, 0.5) is 0 Å². The molecule has 0 spiro atoms. The lowest BCUT2D eigenvalue weighted by Gasteiger charge is -2.07. The van der Waals surface area contributed by atoms with E-state index < -0.39 is 0 Å². The maximum Gasteiger partial charge on any atom is 0.320 e. The second kappa shape index (κ2) is 2.82. The summed E-state index contributed by atoms with van der Waals surface area (Å²) >= 11 is 0. The summed E-state index contributed by atoms with van der Waals surface area (Å²) in [4.78, 5) is 12.6. The van der Waals surface area contributed by atoms with E-state index in [1.54, 1.807) is 0 Å². The van der Waals surface area contributed by atoms with E-state index in [-0.39, 0.29) is 5.97 Å². The number of likely N-dealkylation sites (N-methyl/N-ethyl adjacent to an activating group) is 1. The molecule has 3 nitrogen and oxygen atoms in total. The minimum absolute atomic E-state index is 0.102. The zero-order valence-electron chi connectivity index (χ0n) is 5.59. The van der Waals surface area contributed by atoms with Crippen molar-refractivity contribution in [2.75, 3.05) is 26.7 Å². The van der Waals surface area contributed by atoms with Crippen LogP contribution in [0.2, 0.25) is 0 Å². The third kappa shape index (κ3) is 2.01. The zero-order chi connectivity index (χ0) is 6.69. The van der Waals surface area contributed by atoms with Crippen molar-refractivity contribution < 1.29 is 9.53 Å². The predicted molar refractivity (Wildman–Crippen MR) is 33.1 cm³/mol. The molecule has 3 heteroatoms. The molecule has 0 atom stereocenters. The van der Waals surface area contributed by atoms with Gasteiger partial charge in [-0.15, -0.1) is 0 Å². The first-order valence-electron chi connectivity index (χ1n) is 3.13. The number of carbonyl (C=O) groups excluding carboxylic acids is 1. The van der Waals surface area contributed by atoms with Crippen LogP contribution in [0.5, 0.6) is 0 Å². The molecule has 1 aliphatic rings. The van der Waals surface area contributed by atoms with Crippen LogP contribution in [0.1, 0.15) is 6.42 Å². The summed E-state index contributed by atoms with van der Waals surface area (Å²) in [5, 5.41) is 0. The summed E-state index contributed by atoms with van der Waals surface area (Å²) in [6.07, 6.45) is 0.961. The fraction of sp³-hybridized carbons (Fsp3) is 0.833. The summed E-state index contributed by atoms with van der Waals surface area (Å²) < 4.78 is 4.79. The Balaban J connectivity index is 2.37. The Labute approximate surface area is 54.6 Å². The van der Waals surface area contributed by atoms with Crippen LogP contribution in [0.3, 0.4) is 0 Å². The first-order valence-corrected chi connectivity index (χ1v) is 3.13. The highest BCUT2D eigenvalue weighted by molar-refractivity contribution is 5.71. The largest absolute Gasteiger partial charge is 0.465 e. The third-order valence-corrected chi connectivity index (χ3v) is 1.35. The highest BCUT2D eigenvalue weighted by atomic mass is 16.5. The van der Waals surface area contributed by atoms with Crippen LogP contribution in [-0.2, 0) is 9.53 Å². The summed E-state index contributed by atoms with van der Waals surface area (Å²) in [7, 11) is 1.92. The predicted octanol–water partition coefficient (Wildman–Crippen LogP) is -0.135. The highest BCUT2D eigenvalue weighted by Gasteiger charge is 2.10. The fourth-order valence-electron chi connectivity index (χ4n) is 0.866. The third-order valence-electron chi connectivity index (χ3n) is 1.35. The molecule has 0 bridgehead atoms. The topological polar surface area (TPSA) is 29.5 Å². The van der Waals surface area contributed by atoms with Gasteiger partial charge in [-0.05, 0) is 13.5 Å². The normalized spacial score (nSPS) is 23.0. The number of ether oxygens (including phenoxy) is 1. The maximum absolute atomic E-state index is 10.6. The number of hydrogen-bond acceptors (Lipinski definition) is 3. The van der Waals surface area contributed by atoms with E-state index in [0.717, 1.165) is 13.0 Å². The van der Waals surface area contributed by atoms with Gasteiger partial charge < -0.3 is 4.74 Å². The Kier molecular flexibility index (Phi) is 2.05. The molecular weight excluding hydrogens is 118 g/mol. The van der Waals surface area contributed by atoms with Crippen molar-refractivity contribution in [3.05, 3.63) is 0 Å². The number of esters is 1. The summed E-state index contributed by atoms with van der Waals surface area (Å²) in [6, 6.07) is 0. The van der Waals surface area contributed by atoms with Gasteiger partial charge in [-0.2, -0.15) is 0 Å². The van der Waals surface area contributed by atoms with Crippen LogP contribution in [0.15, 0.2) is 0 Å². The molecule has 0 unspecified atom stereocenters. The average molecular weight is 129 g/mol. The number of carbonyl (C=O) groups is 1. The van der Waals surface area contributed by atoms with Crippen molar-refractivity contribution in [1.29, 1.82) is 0 Å². The van der Waals surface area contributed by atoms with Gasteiger partial charge in [0, 0.05) is 6.54 Å². The van der Waals surface area contributed by atoms with E-state index in [1.165, 1.54) is 0 Å². The lowest BCUT2D eigenvalue weighted by atomic mass is 10.4. The summed E-state index contributed by atoms with van der Waals surface area (Å²) in [6.45, 7) is 1.99. The Morgan fingerprint density at radius 2 is 2.44 bits per heavy atom. The lowest BCUT2D eigenvalue weighted by Crippen LogP contribution is -2.24. The molecule has 1 fully saturated rings. The molecule has 52 valence electrons. The quantitative estimate of drug-likeness (QED) is 0.426. The number of hydrogen-bond donors (Lipinski definition) is 0. The van der Waals surface area contributed by atoms with Gasteiger partial charge in [0.15, 0.2) is 0 Å². The van der Waals surface area contributed by atoms with Crippen LogP contribution >= 0.6 is 0 Å². The van der Waals surface area contributed by atoms with Crippen LogP contribution < -0.4 is 0 Å². The van der Waals surface area contributed by atoms with E-state index >= 15 is 0 Å². The van der Waals surface area contributed by atoms with Crippen molar-refractivity contribution in [3.8, 4) is 0 Å². The average Bonchev–Trinajstić information content (AvgIpc) is 1.93. The second-order valence-electron chi connectivity index (χ2n) is 2.31. The molecule has 1 saturated heterocycles. The van der Waals surface area contributed by atoms with Gasteiger partial charge in [0.2, 0.25) is 0 Å². The van der Waals surface area contributed by atoms with E-state index in [1.807, 2.05) is 11.9 Å². The molecule has 0 aliphatic carbocycles. The SMILES string of the molecule is CN1CCCOC(=O)C1. The number of cyclic esters (lactones) is 1. The fourth-order valence-corrected chi connectivity index (χ4v) is 0.866. The Hall–Kier alpha value is -0.570. The van der Waals surface area contributed by atoms with Gasteiger partial charge in [-0.1, -0.05) is 0 Å².